The zero-order chi connectivity index (χ0) is 20.5. The quantitative estimate of drug-likeness (QED) is 0.812. The molecule has 0 aliphatic carbocycles. The van der Waals surface area contributed by atoms with Gasteiger partial charge in [0.2, 0.25) is 11.8 Å². The van der Waals surface area contributed by atoms with E-state index in [2.05, 4.69) is 5.32 Å². The molecule has 0 unspecified atom stereocenters. The Morgan fingerprint density at radius 2 is 1.69 bits per heavy atom. The van der Waals surface area contributed by atoms with E-state index < -0.39 is 17.7 Å². The number of amides is 4. The van der Waals surface area contributed by atoms with Crippen molar-refractivity contribution >= 4 is 35.0 Å². The molecule has 148 valence electrons. The van der Waals surface area contributed by atoms with Crippen molar-refractivity contribution in [2.24, 2.45) is 0 Å². The second kappa shape index (κ2) is 7.50. The van der Waals surface area contributed by atoms with Crippen LogP contribution in [0, 0.1) is 6.92 Å². The fraction of sp³-hybridized carbons (Fsp3) is 0.273. The average Bonchev–Trinajstić information content (AvgIpc) is 2.95. The maximum Gasteiger partial charge on any atom is 0.262 e. The van der Waals surface area contributed by atoms with Crippen molar-refractivity contribution in [2.45, 2.75) is 26.2 Å². The third-order valence-electron chi connectivity index (χ3n) is 5.29. The van der Waals surface area contributed by atoms with Gasteiger partial charge in [0.1, 0.15) is 6.54 Å². The number of nitrogens with zero attached hydrogens (tertiary/aromatic N) is 2. The number of rotatable bonds is 4. The minimum Gasteiger partial charge on any atom is -0.324 e. The fourth-order valence-electron chi connectivity index (χ4n) is 3.77. The molecule has 29 heavy (non-hydrogen) atoms. The molecule has 1 saturated heterocycles. The van der Waals surface area contributed by atoms with Crippen molar-refractivity contribution in [1.29, 1.82) is 0 Å². The first-order valence-electron chi connectivity index (χ1n) is 9.62. The van der Waals surface area contributed by atoms with E-state index in [-0.39, 0.29) is 12.5 Å². The van der Waals surface area contributed by atoms with Gasteiger partial charge < -0.3 is 10.2 Å². The van der Waals surface area contributed by atoms with Crippen molar-refractivity contribution < 1.29 is 19.2 Å². The first-order valence-corrected chi connectivity index (χ1v) is 9.62. The SMILES string of the molecule is Cc1ccc(NC(=O)CN2C(=O)c3ccccc3C2=O)cc1N1CCCCC1=O. The predicted octanol–water partition coefficient (Wildman–Crippen LogP) is 2.75. The summed E-state index contributed by atoms with van der Waals surface area (Å²) < 4.78 is 0. The number of carbonyl (C=O) groups is 4. The number of carbonyl (C=O) groups excluding carboxylic acids is 4. The van der Waals surface area contributed by atoms with Gasteiger partial charge in [-0.15, -0.1) is 0 Å². The molecule has 0 atom stereocenters. The van der Waals surface area contributed by atoms with Crippen LogP contribution in [-0.2, 0) is 9.59 Å². The number of hydrogen-bond donors (Lipinski definition) is 1. The molecule has 4 amide bonds. The lowest BCUT2D eigenvalue weighted by Gasteiger charge is -2.28. The zero-order valence-corrected chi connectivity index (χ0v) is 16.1. The van der Waals surface area contributed by atoms with Crippen LogP contribution in [-0.4, -0.2) is 41.6 Å². The molecular weight excluding hydrogens is 370 g/mol. The van der Waals surface area contributed by atoms with Gasteiger partial charge in [0.25, 0.3) is 11.8 Å². The number of benzene rings is 2. The molecule has 2 aliphatic rings. The van der Waals surface area contributed by atoms with Crippen LogP contribution in [0.5, 0.6) is 0 Å². The van der Waals surface area contributed by atoms with Crippen LogP contribution >= 0.6 is 0 Å². The van der Waals surface area contributed by atoms with Gasteiger partial charge >= 0.3 is 0 Å². The Bertz CT molecular complexity index is 995. The van der Waals surface area contributed by atoms with Crippen LogP contribution in [0.2, 0.25) is 0 Å². The Morgan fingerprint density at radius 3 is 2.34 bits per heavy atom. The minimum atomic E-state index is -0.473. The predicted molar refractivity (Wildman–Crippen MR) is 108 cm³/mol. The number of hydrogen-bond acceptors (Lipinski definition) is 4. The van der Waals surface area contributed by atoms with Gasteiger partial charge in [0, 0.05) is 24.3 Å². The van der Waals surface area contributed by atoms with E-state index in [9.17, 15) is 19.2 Å². The van der Waals surface area contributed by atoms with E-state index >= 15 is 0 Å². The van der Waals surface area contributed by atoms with Gasteiger partial charge in [-0.1, -0.05) is 18.2 Å². The average molecular weight is 391 g/mol. The molecule has 2 aliphatic heterocycles. The number of imide groups is 1. The lowest BCUT2D eigenvalue weighted by Crippen LogP contribution is -2.37. The van der Waals surface area contributed by atoms with Gasteiger partial charge in [-0.25, -0.2) is 0 Å². The number of fused-ring (bicyclic) bond motifs is 1. The maximum atomic E-state index is 12.5. The number of piperidine rings is 1. The molecular formula is C22H21N3O4. The summed E-state index contributed by atoms with van der Waals surface area (Å²) in [6.45, 7) is 2.21. The van der Waals surface area contributed by atoms with E-state index in [4.69, 9.17) is 0 Å². The summed E-state index contributed by atoms with van der Waals surface area (Å²) in [5.41, 5.74) is 2.86. The molecule has 4 rings (SSSR count). The summed E-state index contributed by atoms with van der Waals surface area (Å²) in [5, 5.41) is 2.74. The number of anilines is 2. The van der Waals surface area contributed by atoms with Crippen LogP contribution in [0.15, 0.2) is 42.5 Å². The van der Waals surface area contributed by atoms with E-state index in [0.717, 1.165) is 29.0 Å². The highest BCUT2D eigenvalue weighted by Gasteiger charge is 2.36. The normalized spacial score (nSPS) is 16.2. The standard InChI is InChI=1S/C22H21N3O4/c1-14-9-10-15(12-18(14)24-11-5-4-8-20(24)27)23-19(26)13-25-21(28)16-6-2-3-7-17(16)22(25)29/h2-3,6-7,9-10,12H,4-5,8,11,13H2,1H3,(H,23,26). The van der Waals surface area contributed by atoms with Gasteiger partial charge in [0.15, 0.2) is 0 Å². The molecule has 2 heterocycles. The molecule has 1 fully saturated rings. The monoisotopic (exact) mass is 391 g/mol. The lowest BCUT2D eigenvalue weighted by molar-refractivity contribution is -0.119. The van der Waals surface area contributed by atoms with E-state index in [0.29, 0.717) is 29.8 Å². The summed E-state index contributed by atoms with van der Waals surface area (Å²) in [4.78, 5) is 52.3. The molecule has 0 bridgehead atoms. The van der Waals surface area contributed by atoms with Gasteiger partial charge in [-0.2, -0.15) is 0 Å². The minimum absolute atomic E-state index is 0.0776. The van der Waals surface area contributed by atoms with Gasteiger partial charge in [-0.3, -0.25) is 24.1 Å². The molecule has 0 saturated carbocycles. The molecule has 0 aromatic heterocycles. The van der Waals surface area contributed by atoms with Crippen LogP contribution < -0.4 is 10.2 Å². The first kappa shape index (κ1) is 18.9. The third-order valence-corrected chi connectivity index (χ3v) is 5.29. The molecule has 7 heteroatoms. The molecule has 7 nitrogen and oxygen atoms in total. The van der Waals surface area contributed by atoms with Crippen molar-refractivity contribution in [3.8, 4) is 0 Å². The molecule has 0 radical (unpaired) electrons. The third kappa shape index (κ3) is 3.51. The van der Waals surface area contributed by atoms with Crippen molar-refractivity contribution in [3.63, 3.8) is 0 Å². The first-order chi connectivity index (χ1) is 14.0. The van der Waals surface area contributed by atoms with Crippen LogP contribution in [0.4, 0.5) is 11.4 Å². The van der Waals surface area contributed by atoms with Crippen molar-refractivity contribution in [2.75, 3.05) is 23.3 Å². The van der Waals surface area contributed by atoms with Crippen LogP contribution in [0.1, 0.15) is 45.5 Å². The van der Waals surface area contributed by atoms with Crippen molar-refractivity contribution in [1.82, 2.24) is 4.90 Å². The summed E-state index contributed by atoms with van der Waals surface area (Å²) in [6, 6.07) is 11.9. The molecule has 2 aromatic carbocycles. The van der Waals surface area contributed by atoms with Crippen LogP contribution in [0.3, 0.4) is 0 Å². The zero-order valence-electron chi connectivity index (χ0n) is 16.1. The topological polar surface area (TPSA) is 86.8 Å². The highest BCUT2D eigenvalue weighted by Crippen LogP contribution is 2.28. The van der Waals surface area contributed by atoms with Gasteiger partial charge in [0.05, 0.1) is 11.1 Å². The summed E-state index contributed by atoms with van der Waals surface area (Å²) in [5.74, 6) is -1.33. The van der Waals surface area contributed by atoms with E-state index in [1.807, 2.05) is 13.0 Å². The number of aryl methyl sites for hydroxylation is 1. The fourth-order valence-corrected chi connectivity index (χ4v) is 3.77. The Hall–Kier alpha value is -3.48. The highest BCUT2D eigenvalue weighted by atomic mass is 16.2. The van der Waals surface area contributed by atoms with Crippen molar-refractivity contribution in [3.05, 3.63) is 59.2 Å². The smallest absolute Gasteiger partial charge is 0.262 e. The number of nitrogens with one attached hydrogen (secondary N) is 1. The highest BCUT2D eigenvalue weighted by molar-refractivity contribution is 6.22. The summed E-state index contributed by atoms with van der Waals surface area (Å²) >= 11 is 0. The summed E-state index contributed by atoms with van der Waals surface area (Å²) in [6.07, 6.45) is 2.36. The van der Waals surface area contributed by atoms with E-state index in [1.165, 1.54) is 0 Å². The van der Waals surface area contributed by atoms with Crippen LogP contribution in [0.25, 0.3) is 0 Å². The Morgan fingerprint density at radius 1 is 1.00 bits per heavy atom. The lowest BCUT2D eigenvalue weighted by atomic mass is 10.1. The molecule has 0 spiro atoms. The van der Waals surface area contributed by atoms with E-state index in [1.54, 1.807) is 41.3 Å². The molecule has 1 N–H and O–H groups in total. The largest absolute Gasteiger partial charge is 0.324 e. The Labute approximate surface area is 168 Å². The Balaban J connectivity index is 1.48. The van der Waals surface area contributed by atoms with Gasteiger partial charge in [-0.05, 0) is 49.6 Å². The summed E-state index contributed by atoms with van der Waals surface area (Å²) in [7, 11) is 0. The second-order valence-corrected chi connectivity index (χ2v) is 7.29. The Kier molecular flexibility index (Phi) is 4.88. The second-order valence-electron chi connectivity index (χ2n) is 7.29. The molecule has 2 aromatic rings. The maximum absolute atomic E-state index is 12.5.